The summed E-state index contributed by atoms with van der Waals surface area (Å²) >= 11 is 0. The van der Waals surface area contributed by atoms with Gasteiger partial charge >= 0.3 is 0 Å². The number of ketones is 1. The van der Waals surface area contributed by atoms with Crippen molar-refractivity contribution in [3.63, 3.8) is 0 Å². The molecule has 6 unspecified atom stereocenters. The van der Waals surface area contributed by atoms with Crippen LogP contribution in [0.3, 0.4) is 0 Å². The van der Waals surface area contributed by atoms with Crippen molar-refractivity contribution in [3.05, 3.63) is 12.2 Å². The summed E-state index contributed by atoms with van der Waals surface area (Å²) in [7, 11) is 0. The highest BCUT2D eigenvalue weighted by molar-refractivity contribution is 5.80. The summed E-state index contributed by atoms with van der Waals surface area (Å²) in [6.07, 6.45) is 36.3. The molecule has 4 rings (SSSR count). The van der Waals surface area contributed by atoms with Crippen LogP contribution < -0.4 is 5.32 Å². The molecule has 3 nitrogen and oxygen atoms in total. The summed E-state index contributed by atoms with van der Waals surface area (Å²) in [6.45, 7) is 14.2. The average Bonchev–Trinajstić information content (AvgIpc) is 3.42. The number of rotatable bonds is 21. The first kappa shape index (κ1) is 39.7. The summed E-state index contributed by atoms with van der Waals surface area (Å²) in [4.78, 5) is 25.3. The number of nitrogens with one attached hydrogen (secondary N) is 1. The van der Waals surface area contributed by atoms with Gasteiger partial charge in [-0.25, -0.2) is 0 Å². The molecule has 4 fully saturated rings. The minimum absolute atomic E-state index is 0.177. The zero-order chi connectivity index (χ0) is 34.6. The van der Waals surface area contributed by atoms with E-state index in [0.29, 0.717) is 40.9 Å². The Morgan fingerprint density at radius 3 is 2.02 bits per heavy atom. The molecule has 0 spiro atoms. The van der Waals surface area contributed by atoms with E-state index in [9.17, 15) is 9.59 Å². The lowest BCUT2D eigenvalue weighted by molar-refractivity contribution is -0.128. The number of carbonyl (C=O) groups is 2. The van der Waals surface area contributed by atoms with E-state index in [1.807, 2.05) is 0 Å². The van der Waals surface area contributed by atoms with Crippen molar-refractivity contribution < 1.29 is 9.59 Å². The van der Waals surface area contributed by atoms with E-state index in [0.717, 1.165) is 48.9 Å². The van der Waals surface area contributed by atoms with E-state index in [1.54, 1.807) is 0 Å². The first-order valence-corrected chi connectivity index (χ1v) is 21.6. The summed E-state index contributed by atoms with van der Waals surface area (Å²) in [5, 5.41) is 3.51. The number of fused-ring (bicyclic) bond motifs is 5. The highest BCUT2D eigenvalue weighted by Gasteiger charge is 2.60. The molecule has 0 heterocycles. The van der Waals surface area contributed by atoms with E-state index >= 15 is 0 Å². The van der Waals surface area contributed by atoms with Crippen molar-refractivity contribution in [1.29, 1.82) is 0 Å². The fraction of sp³-hybridized carbons (Fsp3) is 0.911. The van der Waals surface area contributed by atoms with E-state index in [2.05, 4.69) is 59.0 Å². The smallest absolute Gasteiger partial charge is 0.220 e. The molecule has 0 saturated heterocycles. The van der Waals surface area contributed by atoms with Gasteiger partial charge < -0.3 is 5.32 Å². The van der Waals surface area contributed by atoms with Crippen LogP contribution in [0.5, 0.6) is 0 Å². The largest absolute Gasteiger partial charge is 0.353 e. The Morgan fingerprint density at radius 1 is 0.708 bits per heavy atom. The molecule has 4 saturated carbocycles. The van der Waals surface area contributed by atoms with Gasteiger partial charge in [-0.05, 0) is 143 Å². The van der Waals surface area contributed by atoms with Gasteiger partial charge in [0.25, 0.3) is 0 Å². The maximum absolute atomic E-state index is 12.9. The van der Waals surface area contributed by atoms with E-state index in [-0.39, 0.29) is 5.92 Å². The summed E-state index contributed by atoms with van der Waals surface area (Å²) in [6, 6.07) is 0.398. The second-order valence-electron chi connectivity index (χ2n) is 18.4. The Hall–Kier alpha value is -1.12. The van der Waals surface area contributed by atoms with Gasteiger partial charge in [-0.2, -0.15) is 0 Å². The molecular formula is C45H79NO2. The van der Waals surface area contributed by atoms with Crippen molar-refractivity contribution in [2.24, 2.45) is 52.3 Å². The number of unbranched alkanes of at least 4 members (excludes halogenated alkanes) is 11. The molecule has 3 heteroatoms. The average molecular weight is 666 g/mol. The summed E-state index contributed by atoms with van der Waals surface area (Å²) in [5.74, 6) is 5.82. The lowest BCUT2D eigenvalue weighted by atomic mass is 9.44. The van der Waals surface area contributed by atoms with Gasteiger partial charge in [0.1, 0.15) is 5.78 Å². The topological polar surface area (TPSA) is 46.2 Å². The van der Waals surface area contributed by atoms with Crippen LogP contribution in [0.15, 0.2) is 12.2 Å². The Balaban J connectivity index is 1.11. The van der Waals surface area contributed by atoms with Gasteiger partial charge in [0, 0.05) is 24.8 Å². The van der Waals surface area contributed by atoms with Crippen LogP contribution in [-0.2, 0) is 9.59 Å². The third kappa shape index (κ3) is 10.5. The Morgan fingerprint density at radius 2 is 1.33 bits per heavy atom. The number of hydrogen-bond donors (Lipinski definition) is 1. The Labute approximate surface area is 298 Å². The molecule has 276 valence electrons. The maximum atomic E-state index is 12.9. The van der Waals surface area contributed by atoms with Gasteiger partial charge in [-0.1, -0.05) is 105 Å². The highest BCUT2D eigenvalue weighted by atomic mass is 16.1. The number of hydrogen-bond acceptors (Lipinski definition) is 2. The van der Waals surface area contributed by atoms with Crippen molar-refractivity contribution >= 4 is 11.7 Å². The van der Waals surface area contributed by atoms with Gasteiger partial charge in [-0.15, -0.1) is 0 Å². The molecule has 0 aromatic carbocycles. The predicted molar refractivity (Wildman–Crippen MR) is 205 cm³/mol. The zero-order valence-electron chi connectivity index (χ0n) is 32.8. The molecule has 0 bridgehead atoms. The first-order chi connectivity index (χ1) is 23.1. The van der Waals surface area contributed by atoms with Gasteiger partial charge in [0.05, 0.1) is 0 Å². The molecular weight excluding hydrogens is 587 g/mol. The molecule has 9 atom stereocenters. The van der Waals surface area contributed by atoms with Crippen molar-refractivity contribution in [1.82, 2.24) is 5.32 Å². The fourth-order valence-electron chi connectivity index (χ4n) is 11.9. The van der Waals surface area contributed by atoms with E-state index in [1.165, 1.54) is 135 Å². The van der Waals surface area contributed by atoms with Gasteiger partial charge in [-0.3, -0.25) is 9.59 Å². The molecule has 1 amide bonds. The SMILES string of the molecule is CCCCCCCC/C=C\CCCCCCCC(=O)N[C@H]1CC[C@@]2(C)C(CCC3C4CCC(C(C)CCC(=O)C(C)C)[C@@]4(C)CCC32)C1. The third-order valence-corrected chi connectivity index (χ3v) is 14.9. The number of Topliss-reactive ketones (excluding diaryl/α,β-unsaturated/α-hetero) is 1. The molecule has 0 radical (unpaired) electrons. The van der Waals surface area contributed by atoms with Crippen LogP contribution in [0.25, 0.3) is 0 Å². The predicted octanol–water partition coefficient (Wildman–Crippen LogP) is 12.8. The zero-order valence-corrected chi connectivity index (χ0v) is 32.8. The van der Waals surface area contributed by atoms with Crippen LogP contribution >= 0.6 is 0 Å². The Bertz CT molecular complexity index is 1000. The van der Waals surface area contributed by atoms with Crippen molar-refractivity contribution in [3.8, 4) is 0 Å². The van der Waals surface area contributed by atoms with Crippen molar-refractivity contribution in [2.75, 3.05) is 0 Å². The van der Waals surface area contributed by atoms with E-state index < -0.39 is 0 Å². The van der Waals surface area contributed by atoms with Crippen LogP contribution in [0, 0.1) is 52.3 Å². The molecule has 4 aliphatic carbocycles. The van der Waals surface area contributed by atoms with Crippen LogP contribution in [-0.4, -0.2) is 17.7 Å². The fourth-order valence-corrected chi connectivity index (χ4v) is 11.9. The second-order valence-corrected chi connectivity index (χ2v) is 18.4. The quantitative estimate of drug-likeness (QED) is 0.0979. The lowest BCUT2D eigenvalue weighted by Gasteiger charge is -2.61. The number of allylic oxidation sites excluding steroid dienone is 2. The molecule has 4 aliphatic rings. The van der Waals surface area contributed by atoms with Crippen LogP contribution in [0.4, 0.5) is 0 Å². The highest BCUT2D eigenvalue weighted by Crippen LogP contribution is 2.68. The summed E-state index contributed by atoms with van der Waals surface area (Å²) in [5.41, 5.74) is 0.933. The molecule has 0 aliphatic heterocycles. The minimum atomic E-state index is 0.177. The maximum Gasteiger partial charge on any atom is 0.220 e. The Kier molecular flexibility index (Phi) is 16.1. The molecule has 0 aromatic heterocycles. The van der Waals surface area contributed by atoms with E-state index in [4.69, 9.17) is 0 Å². The summed E-state index contributed by atoms with van der Waals surface area (Å²) < 4.78 is 0. The lowest BCUT2D eigenvalue weighted by Crippen LogP contribution is -2.55. The van der Waals surface area contributed by atoms with Gasteiger partial charge in [0.15, 0.2) is 0 Å². The van der Waals surface area contributed by atoms with Crippen molar-refractivity contribution in [2.45, 2.75) is 208 Å². The molecule has 0 aromatic rings. The molecule has 48 heavy (non-hydrogen) atoms. The standard InChI is InChI=1S/C45H79NO2/c1-7-8-9-10-11-12-13-14-15-16-17-18-19-20-21-22-43(48)46-37-29-31-44(5)36(33-37)24-25-38-40-27-26-39(45(40,6)32-30-41(38)44)35(4)23-28-42(47)34(2)3/h14-15,34-41H,7-13,16-33H2,1-6H3,(H,46,48)/b15-14-/t35?,36?,37-,38?,39?,40?,41?,44-,45+/m0/s1. The monoisotopic (exact) mass is 666 g/mol. The van der Waals surface area contributed by atoms with Crippen LogP contribution in [0.1, 0.15) is 202 Å². The third-order valence-electron chi connectivity index (χ3n) is 14.9. The second kappa shape index (κ2) is 19.5. The number of carbonyl (C=O) groups excluding carboxylic acids is 2. The normalized spacial score (nSPS) is 33.7. The van der Waals surface area contributed by atoms with Crippen LogP contribution in [0.2, 0.25) is 0 Å². The minimum Gasteiger partial charge on any atom is -0.353 e. The van der Waals surface area contributed by atoms with Gasteiger partial charge in [0.2, 0.25) is 5.91 Å². The molecule has 1 N–H and O–H groups in total. The number of amides is 1. The first-order valence-electron chi connectivity index (χ1n) is 21.6.